The minimum absolute atomic E-state index is 0.0789. The predicted molar refractivity (Wildman–Crippen MR) is 79.0 cm³/mol. The van der Waals surface area contributed by atoms with E-state index in [1.54, 1.807) is 18.2 Å². The monoisotopic (exact) mass is 297 g/mol. The first kappa shape index (κ1) is 15.0. The molecular weight excluding hydrogens is 286 g/mol. The van der Waals surface area contributed by atoms with Crippen LogP contribution in [-0.4, -0.2) is 22.1 Å². The lowest BCUT2D eigenvalue weighted by molar-refractivity contribution is -0.385. The van der Waals surface area contributed by atoms with Crippen LogP contribution < -0.4 is 4.74 Å². The van der Waals surface area contributed by atoms with Gasteiger partial charge >= 0.3 is 0 Å². The van der Waals surface area contributed by atoms with Crippen molar-refractivity contribution in [2.75, 3.05) is 7.11 Å². The number of ether oxygens (including phenoxy) is 1. The third-order valence-electron chi connectivity index (χ3n) is 2.89. The predicted octanol–water partition coefficient (Wildman–Crippen LogP) is 2.77. The van der Waals surface area contributed by atoms with Gasteiger partial charge in [0.05, 0.1) is 34.9 Å². The summed E-state index contributed by atoms with van der Waals surface area (Å²) in [6, 6.07) is 9.27. The van der Waals surface area contributed by atoms with Crippen LogP contribution >= 0.6 is 0 Å². The van der Waals surface area contributed by atoms with Gasteiger partial charge in [-0.1, -0.05) is 6.07 Å². The van der Waals surface area contributed by atoms with E-state index in [9.17, 15) is 20.5 Å². The van der Waals surface area contributed by atoms with Gasteiger partial charge in [-0.15, -0.1) is 0 Å². The first-order valence-corrected chi connectivity index (χ1v) is 6.15. The second-order valence-corrected chi connectivity index (χ2v) is 4.22. The van der Waals surface area contributed by atoms with E-state index in [-0.39, 0.29) is 28.3 Å². The lowest BCUT2D eigenvalue weighted by Crippen LogP contribution is -1.95. The maximum absolute atomic E-state index is 11.1. The molecule has 0 aliphatic heterocycles. The van der Waals surface area contributed by atoms with Gasteiger partial charge < -0.3 is 9.84 Å². The van der Waals surface area contributed by atoms with Crippen molar-refractivity contribution >= 4 is 17.3 Å². The summed E-state index contributed by atoms with van der Waals surface area (Å²) in [5, 5.41) is 30.0. The molecule has 1 N–H and O–H groups in total. The second-order valence-electron chi connectivity index (χ2n) is 4.22. The highest BCUT2D eigenvalue weighted by Gasteiger charge is 2.18. The van der Waals surface area contributed by atoms with Crippen LogP contribution in [0.5, 0.6) is 11.5 Å². The summed E-state index contributed by atoms with van der Waals surface area (Å²) in [4.78, 5) is 14.5. The molecule has 110 valence electrons. The number of aromatic nitrogens is 1. The molecule has 0 radical (unpaired) electrons. The molecule has 0 atom stereocenters. The molecule has 0 amide bonds. The van der Waals surface area contributed by atoms with Crippen molar-refractivity contribution in [3.63, 3.8) is 0 Å². The molecule has 0 saturated heterocycles. The number of aromatic hydroxyl groups is 1. The number of allylic oxidation sites excluding steroid dienone is 1. The molecule has 1 heterocycles. The van der Waals surface area contributed by atoms with E-state index in [0.717, 1.165) is 6.07 Å². The zero-order chi connectivity index (χ0) is 16.1. The second kappa shape index (κ2) is 6.37. The van der Waals surface area contributed by atoms with Crippen molar-refractivity contribution in [3.05, 3.63) is 57.9 Å². The van der Waals surface area contributed by atoms with Gasteiger partial charge in [0.2, 0.25) is 0 Å². The number of nitro benzene ring substituents is 1. The molecule has 0 aliphatic rings. The highest BCUT2D eigenvalue weighted by atomic mass is 16.6. The van der Waals surface area contributed by atoms with Crippen LogP contribution in [0.1, 0.15) is 11.3 Å². The summed E-state index contributed by atoms with van der Waals surface area (Å²) in [5.74, 6) is -0.266. The number of nitriles is 1. The third-order valence-corrected chi connectivity index (χ3v) is 2.89. The van der Waals surface area contributed by atoms with Gasteiger partial charge in [0.15, 0.2) is 11.5 Å². The number of hydrogen-bond acceptors (Lipinski definition) is 6. The maximum Gasteiger partial charge on any atom is 0.280 e. The maximum atomic E-state index is 11.1. The fourth-order valence-corrected chi connectivity index (χ4v) is 1.85. The van der Waals surface area contributed by atoms with Gasteiger partial charge in [-0.2, -0.15) is 5.26 Å². The molecule has 0 unspecified atom stereocenters. The molecule has 2 aromatic rings. The third kappa shape index (κ3) is 3.02. The molecule has 0 saturated carbocycles. The minimum atomic E-state index is -0.640. The number of pyridine rings is 1. The molecule has 0 spiro atoms. The number of hydrogen-bond donors (Lipinski definition) is 1. The minimum Gasteiger partial charge on any atom is -0.504 e. The van der Waals surface area contributed by atoms with Gasteiger partial charge in [0, 0.05) is 6.20 Å². The average Bonchev–Trinajstić information content (AvgIpc) is 2.54. The summed E-state index contributed by atoms with van der Waals surface area (Å²) in [7, 11) is 1.33. The summed E-state index contributed by atoms with van der Waals surface area (Å²) in [5.41, 5.74) is 0.367. The van der Waals surface area contributed by atoms with Crippen molar-refractivity contribution < 1.29 is 14.8 Å². The number of nitrogens with zero attached hydrogens (tertiary/aromatic N) is 3. The Bertz CT molecular complexity index is 779. The van der Waals surface area contributed by atoms with E-state index in [1.807, 2.05) is 6.07 Å². The van der Waals surface area contributed by atoms with E-state index in [4.69, 9.17) is 4.74 Å². The molecular formula is C15H11N3O4. The van der Waals surface area contributed by atoms with E-state index in [2.05, 4.69) is 4.98 Å². The number of phenolic OH excluding ortho intramolecular Hbond substituents is 1. The highest BCUT2D eigenvalue weighted by molar-refractivity contribution is 5.90. The quantitative estimate of drug-likeness (QED) is 0.528. The Morgan fingerprint density at radius 1 is 1.50 bits per heavy atom. The van der Waals surface area contributed by atoms with Crippen LogP contribution in [0.3, 0.4) is 0 Å². The van der Waals surface area contributed by atoms with Gasteiger partial charge in [0.25, 0.3) is 5.69 Å². The van der Waals surface area contributed by atoms with Crippen LogP contribution in [-0.2, 0) is 0 Å². The summed E-state index contributed by atoms with van der Waals surface area (Å²) >= 11 is 0. The fourth-order valence-electron chi connectivity index (χ4n) is 1.85. The van der Waals surface area contributed by atoms with Crippen molar-refractivity contribution in [2.24, 2.45) is 0 Å². The summed E-state index contributed by atoms with van der Waals surface area (Å²) in [6.45, 7) is 0. The Labute approximate surface area is 125 Å². The van der Waals surface area contributed by atoms with Crippen molar-refractivity contribution in [3.8, 4) is 17.6 Å². The van der Waals surface area contributed by atoms with Gasteiger partial charge in [-0.05, 0) is 24.3 Å². The van der Waals surface area contributed by atoms with Crippen molar-refractivity contribution in [2.45, 2.75) is 0 Å². The molecule has 7 heteroatoms. The molecule has 0 fully saturated rings. The summed E-state index contributed by atoms with van der Waals surface area (Å²) in [6.07, 6.45) is 2.86. The molecule has 7 nitrogen and oxygen atoms in total. The Morgan fingerprint density at radius 3 is 2.82 bits per heavy atom. The van der Waals surface area contributed by atoms with Gasteiger partial charge in [0.1, 0.15) is 6.07 Å². The van der Waals surface area contributed by atoms with Crippen molar-refractivity contribution in [1.29, 1.82) is 5.26 Å². The van der Waals surface area contributed by atoms with E-state index < -0.39 is 4.92 Å². The number of rotatable bonds is 4. The Morgan fingerprint density at radius 2 is 2.27 bits per heavy atom. The normalized spacial score (nSPS) is 10.8. The first-order chi connectivity index (χ1) is 10.6. The van der Waals surface area contributed by atoms with E-state index >= 15 is 0 Å². The SMILES string of the molecule is COc1cc(/C=C(\C#N)c2ccccn2)c([N+](=O)[O-])cc1O. The molecule has 22 heavy (non-hydrogen) atoms. The Balaban J connectivity index is 2.62. The van der Waals surface area contributed by atoms with Crippen LogP contribution in [0, 0.1) is 21.4 Å². The largest absolute Gasteiger partial charge is 0.504 e. The molecule has 1 aromatic carbocycles. The van der Waals surface area contributed by atoms with Crippen LogP contribution in [0.2, 0.25) is 0 Å². The lowest BCUT2D eigenvalue weighted by atomic mass is 10.1. The molecule has 0 aliphatic carbocycles. The zero-order valence-electron chi connectivity index (χ0n) is 11.6. The number of phenols is 1. The lowest BCUT2D eigenvalue weighted by Gasteiger charge is -2.06. The number of methoxy groups -OCH3 is 1. The fraction of sp³-hybridized carbons (Fsp3) is 0.0667. The van der Waals surface area contributed by atoms with Crippen LogP contribution in [0.15, 0.2) is 36.5 Å². The number of nitro groups is 1. The van der Waals surface area contributed by atoms with Gasteiger partial charge in [-0.25, -0.2) is 0 Å². The molecule has 1 aromatic heterocycles. The Hall–Kier alpha value is -3.40. The topological polar surface area (TPSA) is 109 Å². The smallest absolute Gasteiger partial charge is 0.280 e. The molecule has 0 bridgehead atoms. The average molecular weight is 297 g/mol. The zero-order valence-corrected chi connectivity index (χ0v) is 11.6. The molecule has 2 rings (SSSR count). The van der Waals surface area contributed by atoms with E-state index in [1.165, 1.54) is 25.4 Å². The van der Waals surface area contributed by atoms with Gasteiger partial charge in [-0.3, -0.25) is 15.1 Å². The van der Waals surface area contributed by atoms with Crippen molar-refractivity contribution in [1.82, 2.24) is 4.98 Å². The van der Waals surface area contributed by atoms with Crippen LogP contribution in [0.4, 0.5) is 5.69 Å². The van der Waals surface area contributed by atoms with Crippen LogP contribution in [0.25, 0.3) is 11.6 Å². The standard InChI is InChI=1S/C15H11N3O4/c1-22-15-7-10(13(18(20)21)8-14(15)19)6-11(9-16)12-4-2-3-5-17-12/h2-8,19H,1H3/b11-6+. The Kier molecular flexibility index (Phi) is 4.34. The van der Waals surface area contributed by atoms with E-state index in [0.29, 0.717) is 5.69 Å². The number of benzene rings is 1. The first-order valence-electron chi connectivity index (χ1n) is 6.15. The summed E-state index contributed by atoms with van der Waals surface area (Å²) < 4.78 is 4.94. The highest BCUT2D eigenvalue weighted by Crippen LogP contribution is 2.35.